The van der Waals surface area contributed by atoms with E-state index < -0.39 is 11.6 Å². The summed E-state index contributed by atoms with van der Waals surface area (Å²) in [5, 5.41) is 3.89. The Balaban J connectivity index is 2.03. The first-order chi connectivity index (χ1) is 10.6. The lowest BCUT2D eigenvalue weighted by Crippen LogP contribution is -2.40. The molecule has 2 heterocycles. The number of aromatic nitrogens is 1. The fourth-order valence-electron chi connectivity index (χ4n) is 3.19. The minimum absolute atomic E-state index is 0.283. The maximum absolute atomic E-state index is 14.1. The first kappa shape index (κ1) is 13.5. The highest BCUT2D eigenvalue weighted by Crippen LogP contribution is 2.38. The van der Waals surface area contributed by atoms with Crippen LogP contribution < -0.4 is 5.32 Å². The molecule has 0 aliphatic carbocycles. The molecule has 0 amide bonds. The van der Waals surface area contributed by atoms with E-state index in [1.807, 2.05) is 25.1 Å². The molecule has 1 aromatic heterocycles. The Bertz CT molecular complexity index is 863. The van der Waals surface area contributed by atoms with Crippen LogP contribution >= 0.6 is 0 Å². The minimum Gasteiger partial charge on any atom is -0.352 e. The van der Waals surface area contributed by atoms with Gasteiger partial charge in [-0.3, -0.25) is 0 Å². The largest absolute Gasteiger partial charge is 0.352 e. The van der Waals surface area contributed by atoms with Crippen LogP contribution in [0.5, 0.6) is 0 Å². The summed E-state index contributed by atoms with van der Waals surface area (Å²) < 4.78 is 27.8. The lowest BCUT2D eigenvalue weighted by molar-refractivity contribution is 0.451. The SMILES string of the molecule is Cc1cccc(-c2[nH]c3c(F)cc(F)cc3c2C2CNC2)c1. The summed E-state index contributed by atoms with van der Waals surface area (Å²) in [5.41, 5.74) is 4.45. The van der Waals surface area contributed by atoms with Crippen LogP contribution in [-0.2, 0) is 0 Å². The summed E-state index contributed by atoms with van der Waals surface area (Å²) in [6.07, 6.45) is 0. The number of aryl methyl sites for hydroxylation is 1. The molecule has 2 nitrogen and oxygen atoms in total. The fraction of sp³-hybridized carbons (Fsp3) is 0.222. The molecule has 0 radical (unpaired) electrons. The van der Waals surface area contributed by atoms with Crippen molar-refractivity contribution in [1.82, 2.24) is 10.3 Å². The molecule has 0 atom stereocenters. The maximum atomic E-state index is 14.1. The molecule has 2 N–H and O–H groups in total. The highest BCUT2D eigenvalue weighted by Gasteiger charge is 2.27. The van der Waals surface area contributed by atoms with Crippen molar-refractivity contribution in [3.8, 4) is 11.3 Å². The van der Waals surface area contributed by atoms with Gasteiger partial charge in [-0.25, -0.2) is 8.78 Å². The van der Waals surface area contributed by atoms with Gasteiger partial charge in [0.2, 0.25) is 0 Å². The van der Waals surface area contributed by atoms with E-state index in [1.165, 1.54) is 6.07 Å². The lowest BCUT2D eigenvalue weighted by Gasteiger charge is -2.28. The first-order valence-electron chi connectivity index (χ1n) is 7.42. The molecule has 1 saturated heterocycles. The molecule has 4 heteroatoms. The highest BCUT2D eigenvalue weighted by molar-refractivity contribution is 5.92. The van der Waals surface area contributed by atoms with E-state index in [0.29, 0.717) is 10.9 Å². The van der Waals surface area contributed by atoms with Gasteiger partial charge in [0.1, 0.15) is 11.6 Å². The van der Waals surface area contributed by atoms with Crippen molar-refractivity contribution in [3.05, 3.63) is 59.2 Å². The zero-order valence-corrected chi connectivity index (χ0v) is 12.2. The minimum atomic E-state index is -0.539. The van der Waals surface area contributed by atoms with E-state index in [0.717, 1.165) is 41.5 Å². The number of rotatable bonds is 2. The van der Waals surface area contributed by atoms with E-state index in [-0.39, 0.29) is 5.92 Å². The van der Waals surface area contributed by atoms with Gasteiger partial charge in [-0.15, -0.1) is 0 Å². The van der Waals surface area contributed by atoms with Gasteiger partial charge >= 0.3 is 0 Å². The van der Waals surface area contributed by atoms with Crippen molar-refractivity contribution in [2.75, 3.05) is 13.1 Å². The van der Waals surface area contributed by atoms with Crippen molar-refractivity contribution in [2.24, 2.45) is 0 Å². The summed E-state index contributed by atoms with van der Waals surface area (Å²) in [6.45, 7) is 3.70. The van der Waals surface area contributed by atoms with E-state index in [1.54, 1.807) is 0 Å². The predicted molar refractivity (Wildman–Crippen MR) is 84.0 cm³/mol. The van der Waals surface area contributed by atoms with Crippen LogP contribution in [0.1, 0.15) is 17.0 Å². The average molecular weight is 298 g/mol. The molecule has 22 heavy (non-hydrogen) atoms. The van der Waals surface area contributed by atoms with Gasteiger partial charge < -0.3 is 10.3 Å². The zero-order chi connectivity index (χ0) is 15.3. The molecule has 0 unspecified atom stereocenters. The summed E-state index contributed by atoms with van der Waals surface area (Å²) in [6, 6.07) is 10.4. The average Bonchev–Trinajstić information content (AvgIpc) is 2.77. The number of fused-ring (bicyclic) bond motifs is 1. The van der Waals surface area contributed by atoms with Crippen LogP contribution in [0.2, 0.25) is 0 Å². The highest BCUT2D eigenvalue weighted by atomic mass is 19.1. The van der Waals surface area contributed by atoms with Crippen molar-refractivity contribution in [1.29, 1.82) is 0 Å². The van der Waals surface area contributed by atoms with Gasteiger partial charge in [0.25, 0.3) is 0 Å². The van der Waals surface area contributed by atoms with Gasteiger partial charge in [0.15, 0.2) is 0 Å². The fourth-order valence-corrected chi connectivity index (χ4v) is 3.19. The topological polar surface area (TPSA) is 27.8 Å². The number of hydrogen-bond donors (Lipinski definition) is 2. The quantitative estimate of drug-likeness (QED) is 0.732. The second-order valence-corrected chi connectivity index (χ2v) is 5.95. The molecule has 1 fully saturated rings. The molecule has 0 bridgehead atoms. The number of hydrogen-bond acceptors (Lipinski definition) is 1. The number of nitrogens with one attached hydrogen (secondary N) is 2. The summed E-state index contributed by atoms with van der Waals surface area (Å²) in [7, 11) is 0. The normalized spacial score (nSPS) is 15.2. The summed E-state index contributed by atoms with van der Waals surface area (Å²) >= 11 is 0. The Labute approximate surface area is 127 Å². The van der Waals surface area contributed by atoms with Crippen molar-refractivity contribution in [2.45, 2.75) is 12.8 Å². The Morgan fingerprint density at radius 3 is 2.59 bits per heavy atom. The van der Waals surface area contributed by atoms with Crippen LogP contribution in [0.15, 0.2) is 36.4 Å². The second kappa shape index (κ2) is 4.92. The second-order valence-electron chi connectivity index (χ2n) is 5.95. The third kappa shape index (κ3) is 2.03. The van der Waals surface area contributed by atoms with Gasteiger partial charge in [0.05, 0.1) is 11.2 Å². The van der Waals surface area contributed by atoms with Crippen LogP contribution in [0, 0.1) is 18.6 Å². The maximum Gasteiger partial charge on any atom is 0.150 e. The first-order valence-corrected chi connectivity index (χ1v) is 7.42. The van der Waals surface area contributed by atoms with Crippen LogP contribution in [0.25, 0.3) is 22.2 Å². The van der Waals surface area contributed by atoms with Gasteiger partial charge in [-0.1, -0.05) is 23.8 Å². The van der Waals surface area contributed by atoms with Gasteiger partial charge in [0, 0.05) is 30.5 Å². The molecular formula is C18H16F2N2. The number of aromatic amines is 1. The summed E-state index contributed by atoms with van der Waals surface area (Å²) in [4.78, 5) is 3.18. The Hall–Kier alpha value is -2.20. The van der Waals surface area contributed by atoms with Crippen LogP contribution in [0.3, 0.4) is 0 Å². The molecule has 2 aromatic carbocycles. The molecule has 4 rings (SSSR count). The number of halogens is 2. The van der Waals surface area contributed by atoms with E-state index in [4.69, 9.17) is 0 Å². The van der Waals surface area contributed by atoms with E-state index in [9.17, 15) is 8.78 Å². The molecule has 0 saturated carbocycles. The predicted octanol–water partition coefficient (Wildman–Crippen LogP) is 4.11. The number of benzene rings is 2. The van der Waals surface area contributed by atoms with Crippen LogP contribution in [0.4, 0.5) is 8.78 Å². The molecule has 1 aliphatic rings. The standard InChI is InChI=1S/C18H16F2N2/c1-10-3-2-4-11(5-10)17-16(12-8-21-9-12)14-6-13(19)7-15(20)18(14)22-17/h2-7,12,21-22H,8-9H2,1H3. The Kier molecular flexibility index (Phi) is 3.01. The molecule has 112 valence electrons. The molecule has 3 aromatic rings. The third-order valence-electron chi connectivity index (χ3n) is 4.36. The van der Waals surface area contributed by atoms with Crippen molar-refractivity contribution >= 4 is 10.9 Å². The van der Waals surface area contributed by atoms with Crippen molar-refractivity contribution in [3.63, 3.8) is 0 Å². The monoisotopic (exact) mass is 298 g/mol. The third-order valence-corrected chi connectivity index (χ3v) is 4.36. The van der Waals surface area contributed by atoms with Crippen LogP contribution in [-0.4, -0.2) is 18.1 Å². The Morgan fingerprint density at radius 1 is 1.09 bits per heavy atom. The molecule has 1 aliphatic heterocycles. The van der Waals surface area contributed by atoms with Gasteiger partial charge in [-0.2, -0.15) is 0 Å². The van der Waals surface area contributed by atoms with E-state index >= 15 is 0 Å². The smallest absolute Gasteiger partial charge is 0.150 e. The summed E-state index contributed by atoms with van der Waals surface area (Å²) in [5.74, 6) is -0.791. The Morgan fingerprint density at radius 2 is 1.91 bits per heavy atom. The van der Waals surface area contributed by atoms with Crippen molar-refractivity contribution < 1.29 is 8.78 Å². The van der Waals surface area contributed by atoms with E-state index in [2.05, 4.69) is 16.4 Å². The molecule has 0 spiro atoms. The van der Waals surface area contributed by atoms with Gasteiger partial charge in [-0.05, 0) is 30.2 Å². The molecular weight excluding hydrogens is 282 g/mol. The zero-order valence-electron chi connectivity index (χ0n) is 12.2. The number of H-pyrrole nitrogens is 1. The lowest BCUT2D eigenvalue weighted by atomic mass is 9.89.